The minimum atomic E-state index is 0.765. The van der Waals surface area contributed by atoms with E-state index in [-0.39, 0.29) is 0 Å². The number of benzene rings is 1. The van der Waals surface area contributed by atoms with E-state index in [9.17, 15) is 0 Å². The first-order valence-electron chi connectivity index (χ1n) is 4.51. The Morgan fingerprint density at radius 2 is 2.25 bits per heavy atom. The van der Waals surface area contributed by atoms with E-state index in [0.717, 1.165) is 5.92 Å². The van der Waals surface area contributed by atoms with Crippen molar-refractivity contribution in [2.45, 2.75) is 31.1 Å². The van der Waals surface area contributed by atoms with Crippen LogP contribution in [0.5, 0.6) is 0 Å². The van der Waals surface area contributed by atoms with Gasteiger partial charge in [0.15, 0.2) is 0 Å². The average molecular weight is 178 g/mol. The SMILES string of the molecule is Cc1ccc2c(c1)C(C)CCS2. The topological polar surface area (TPSA) is 0 Å². The molecule has 0 N–H and O–H groups in total. The van der Waals surface area contributed by atoms with E-state index in [0.29, 0.717) is 0 Å². The Kier molecular flexibility index (Phi) is 2.14. The van der Waals surface area contributed by atoms with Crippen molar-refractivity contribution in [1.29, 1.82) is 0 Å². The van der Waals surface area contributed by atoms with Gasteiger partial charge in [0.05, 0.1) is 0 Å². The van der Waals surface area contributed by atoms with Crippen molar-refractivity contribution < 1.29 is 0 Å². The van der Waals surface area contributed by atoms with Crippen LogP contribution in [0.1, 0.15) is 30.4 Å². The van der Waals surface area contributed by atoms with Crippen molar-refractivity contribution in [3.8, 4) is 0 Å². The van der Waals surface area contributed by atoms with Crippen molar-refractivity contribution >= 4 is 11.8 Å². The zero-order valence-corrected chi connectivity index (χ0v) is 8.45. The molecule has 1 heteroatoms. The smallest absolute Gasteiger partial charge is 0.0107 e. The van der Waals surface area contributed by atoms with E-state index >= 15 is 0 Å². The number of hydrogen-bond acceptors (Lipinski definition) is 1. The number of thioether (sulfide) groups is 1. The second-order valence-corrected chi connectivity index (χ2v) is 4.72. The lowest BCUT2D eigenvalue weighted by Gasteiger charge is -2.21. The van der Waals surface area contributed by atoms with Crippen LogP contribution in [0, 0.1) is 6.92 Å². The molecule has 1 aliphatic heterocycles. The predicted octanol–water partition coefficient (Wildman–Crippen LogP) is 3.59. The van der Waals surface area contributed by atoms with Gasteiger partial charge in [-0.1, -0.05) is 24.6 Å². The molecule has 12 heavy (non-hydrogen) atoms. The van der Waals surface area contributed by atoms with Gasteiger partial charge >= 0.3 is 0 Å². The number of hydrogen-bond donors (Lipinski definition) is 0. The van der Waals surface area contributed by atoms with Crippen molar-refractivity contribution in [2.24, 2.45) is 0 Å². The molecule has 1 heterocycles. The fourth-order valence-corrected chi connectivity index (χ4v) is 2.97. The predicted molar refractivity (Wildman–Crippen MR) is 54.9 cm³/mol. The van der Waals surface area contributed by atoms with Gasteiger partial charge in [-0.25, -0.2) is 0 Å². The van der Waals surface area contributed by atoms with Crippen LogP contribution in [-0.2, 0) is 0 Å². The van der Waals surface area contributed by atoms with Gasteiger partial charge in [-0.2, -0.15) is 0 Å². The van der Waals surface area contributed by atoms with Gasteiger partial charge in [0.25, 0.3) is 0 Å². The minimum absolute atomic E-state index is 0.765. The maximum atomic E-state index is 2.34. The number of aryl methyl sites for hydroxylation is 1. The number of rotatable bonds is 0. The molecule has 0 fully saturated rings. The van der Waals surface area contributed by atoms with Crippen LogP contribution in [0.4, 0.5) is 0 Å². The minimum Gasteiger partial charge on any atom is -0.126 e. The highest BCUT2D eigenvalue weighted by Gasteiger charge is 2.15. The summed E-state index contributed by atoms with van der Waals surface area (Å²) in [5.41, 5.74) is 2.95. The average Bonchev–Trinajstić information content (AvgIpc) is 2.07. The molecule has 0 spiro atoms. The molecule has 0 aromatic heterocycles. The lowest BCUT2D eigenvalue weighted by atomic mass is 9.96. The molecule has 1 aromatic rings. The van der Waals surface area contributed by atoms with Crippen LogP contribution in [0.15, 0.2) is 23.1 Å². The standard InChI is InChI=1S/C11H14S/c1-8-3-4-11-10(7-8)9(2)5-6-12-11/h3-4,7,9H,5-6H2,1-2H3. The van der Waals surface area contributed by atoms with E-state index in [2.05, 4.69) is 32.0 Å². The molecule has 0 saturated carbocycles. The summed E-state index contributed by atoms with van der Waals surface area (Å²) in [4.78, 5) is 1.50. The van der Waals surface area contributed by atoms with Crippen LogP contribution >= 0.6 is 11.8 Å². The van der Waals surface area contributed by atoms with E-state index in [4.69, 9.17) is 0 Å². The highest BCUT2D eigenvalue weighted by atomic mass is 32.2. The molecule has 0 nitrogen and oxygen atoms in total. The summed E-state index contributed by atoms with van der Waals surface area (Å²) >= 11 is 2.00. The first-order chi connectivity index (χ1) is 5.77. The van der Waals surface area contributed by atoms with E-state index in [1.54, 1.807) is 5.56 Å². The highest BCUT2D eigenvalue weighted by molar-refractivity contribution is 7.99. The Hall–Kier alpha value is -0.430. The summed E-state index contributed by atoms with van der Waals surface area (Å²) in [7, 11) is 0. The van der Waals surface area contributed by atoms with Crippen LogP contribution in [0.2, 0.25) is 0 Å². The monoisotopic (exact) mass is 178 g/mol. The van der Waals surface area contributed by atoms with Crippen molar-refractivity contribution in [2.75, 3.05) is 5.75 Å². The lowest BCUT2D eigenvalue weighted by molar-refractivity contribution is 0.712. The normalized spacial score (nSPS) is 22.0. The second kappa shape index (κ2) is 3.14. The maximum absolute atomic E-state index is 2.34. The van der Waals surface area contributed by atoms with Crippen molar-refractivity contribution in [1.82, 2.24) is 0 Å². The fourth-order valence-electron chi connectivity index (χ4n) is 1.69. The zero-order valence-electron chi connectivity index (χ0n) is 7.63. The summed E-state index contributed by atoms with van der Waals surface area (Å²) in [6.45, 7) is 4.50. The summed E-state index contributed by atoms with van der Waals surface area (Å²) in [6, 6.07) is 6.82. The van der Waals surface area contributed by atoms with Gasteiger partial charge in [0.2, 0.25) is 0 Å². The van der Waals surface area contributed by atoms with Crippen LogP contribution < -0.4 is 0 Å². The second-order valence-electron chi connectivity index (χ2n) is 3.58. The number of fused-ring (bicyclic) bond motifs is 1. The zero-order chi connectivity index (χ0) is 8.55. The Morgan fingerprint density at radius 1 is 1.42 bits per heavy atom. The summed E-state index contributed by atoms with van der Waals surface area (Å²) in [5, 5.41) is 0. The fraction of sp³-hybridized carbons (Fsp3) is 0.455. The Morgan fingerprint density at radius 3 is 3.08 bits per heavy atom. The Bertz CT molecular complexity index is 291. The van der Waals surface area contributed by atoms with E-state index in [1.165, 1.54) is 22.6 Å². The lowest BCUT2D eigenvalue weighted by Crippen LogP contribution is -2.03. The molecule has 64 valence electrons. The van der Waals surface area contributed by atoms with Gasteiger partial charge in [-0.3, -0.25) is 0 Å². The molecular weight excluding hydrogens is 164 g/mol. The van der Waals surface area contributed by atoms with Crippen LogP contribution in [0.25, 0.3) is 0 Å². The summed E-state index contributed by atoms with van der Waals surface area (Å²) in [5.74, 6) is 2.05. The summed E-state index contributed by atoms with van der Waals surface area (Å²) < 4.78 is 0. The van der Waals surface area contributed by atoms with Gasteiger partial charge in [0.1, 0.15) is 0 Å². The maximum Gasteiger partial charge on any atom is 0.0107 e. The molecule has 0 saturated heterocycles. The molecule has 0 aliphatic carbocycles. The van der Waals surface area contributed by atoms with Gasteiger partial charge in [-0.15, -0.1) is 11.8 Å². The van der Waals surface area contributed by atoms with Crippen LogP contribution in [0.3, 0.4) is 0 Å². The molecule has 1 aliphatic rings. The quantitative estimate of drug-likeness (QED) is 0.585. The van der Waals surface area contributed by atoms with Crippen molar-refractivity contribution in [3.63, 3.8) is 0 Å². The molecule has 2 rings (SSSR count). The highest BCUT2D eigenvalue weighted by Crippen LogP contribution is 2.37. The largest absolute Gasteiger partial charge is 0.126 e. The van der Waals surface area contributed by atoms with Gasteiger partial charge in [-0.05, 0) is 36.6 Å². The molecule has 1 aromatic carbocycles. The Labute approximate surface area is 78.4 Å². The third-order valence-corrected chi connectivity index (χ3v) is 3.63. The third kappa shape index (κ3) is 1.38. The molecule has 0 radical (unpaired) electrons. The Balaban J connectivity index is 2.47. The first-order valence-corrected chi connectivity index (χ1v) is 5.49. The first kappa shape index (κ1) is 8.18. The summed E-state index contributed by atoms with van der Waals surface area (Å²) in [6.07, 6.45) is 1.33. The molecule has 0 bridgehead atoms. The van der Waals surface area contributed by atoms with Gasteiger partial charge in [0, 0.05) is 4.90 Å². The van der Waals surface area contributed by atoms with Crippen molar-refractivity contribution in [3.05, 3.63) is 29.3 Å². The molecular formula is C11H14S. The van der Waals surface area contributed by atoms with Crippen LogP contribution in [-0.4, -0.2) is 5.75 Å². The molecule has 1 atom stereocenters. The van der Waals surface area contributed by atoms with Gasteiger partial charge < -0.3 is 0 Å². The molecule has 1 unspecified atom stereocenters. The van der Waals surface area contributed by atoms with E-state index < -0.39 is 0 Å². The third-order valence-electron chi connectivity index (χ3n) is 2.50. The molecule has 0 amide bonds. The van der Waals surface area contributed by atoms with E-state index in [1.807, 2.05) is 11.8 Å².